The van der Waals surface area contributed by atoms with Crippen LogP contribution in [0.5, 0.6) is 0 Å². The molecule has 1 amide bonds. The second kappa shape index (κ2) is 40.3. The predicted octanol–water partition coefficient (Wildman–Crippen LogP) is 7.94. The fourth-order valence-corrected chi connectivity index (χ4v) is 9.23. The maximum atomic E-state index is 13.2. The van der Waals surface area contributed by atoms with E-state index in [1.165, 1.54) is 148 Å². The van der Waals surface area contributed by atoms with Gasteiger partial charge >= 0.3 is 0 Å². The van der Waals surface area contributed by atoms with Crippen molar-refractivity contribution in [3.05, 3.63) is 12.2 Å². The van der Waals surface area contributed by atoms with Crippen LogP contribution in [0.3, 0.4) is 0 Å². The number of aliphatic hydroxyl groups is 8. The standard InChI is InChI=1S/C53H101NO13/c1-3-5-7-9-11-13-15-16-17-18-19-20-21-22-23-24-25-26-27-29-31-33-35-37-45(58)54-41(42(57)36-34-32-30-28-14-12-10-8-6-4-2)40-64-52-50(63)48(61)51(44(39-56)66-52)67-53-49(62)47(60)46(59)43(38-55)65-53/h18-19,41-44,46-53,55-57,59-63H,3-17,20-40H2,1-2H3,(H,54,58)/b19-18-. The number of hydrogen-bond acceptors (Lipinski definition) is 13. The van der Waals surface area contributed by atoms with Crippen LogP contribution in [0.4, 0.5) is 0 Å². The zero-order chi connectivity index (χ0) is 48.9. The molecule has 0 aromatic rings. The molecule has 0 aliphatic carbocycles. The number of hydrogen-bond donors (Lipinski definition) is 9. The molecule has 396 valence electrons. The van der Waals surface area contributed by atoms with Crippen molar-refractivity contribution in [2.24, 2.45) is 0 Å². The molecule has 0 aromatic heterocycles. The second-order valence-corrected chi connectivity index (χ2v) is 19.7. The predicted molar refractivity (Wildman–Crippen MR) is 263 cm³/mol. The summed E-state index contributed by atoms with van der Waals surface area (Å²) >= 11 is 0. The minimum absolute atomic E-state index is 0.207. The lowest BCUT2D eigenvalue weighted by Crippen LogP contribution is -2.65. The Balaban J connectivity index is 1.73. The molecule has 0 radical (unpaired) electrons. The van der Waals surface area contributed by atoms with Gasteiger partial charge in [0.05, 0.1) is 32.0 Å². The van der Waals surface area contributed by atoms with Gasteiger partial charge in [0.25, 0.3) is 0 Å². The quantitative estimate of drug-likeness (QED) is 0.0209. The first-order valence-electron chi connectivity index (χ1n) is 27.4. The number of carbonyl (C=O) groups excluding carboxylic acids is 1. The van der Waals surface area contributed by atoms with Gasteiger partial charge < -0.3 is 65.1 Å². The molecule has 2 heterocycles. The lowest BCUT2D eigenvalue weighted by atomic mass is 9.97. The Hall–Kier alpha value is -1.27. The SMILES string of the molecule is CCCCCCCCCC/C=C\CCCCCCCCCCCCCC(=O)NC(COC1OC(CO)C(OC2OC(CO)C(O)C(O)C2O)C(O)C1O)C(O)CCCCCCCCCCCC. The topological polar surface area (TPSA) is 228 Å². The number of nitrogens with one attached hydrogen (secondary N) is 1. The van der Waals surface area contributed by atoms with Crippen LogP contribution < -0.4 is 5.32 Å². The van der Waals surface area contributed by atoms with Crippen LogP contribution in [0.15, 0.2) is 12.2 Å². The highest BCUT2D eigenvalue weighted by Gasteiger charge is 2.51. The molecule has 14 nitrogen and oxygen atoms in total. The van der Waals surface area contributed by atoms with Crippen molar-refractivity contribution >= 4 is 5.91 Å². The monoisotopic (exact) mass is 960 g/mol. The normalized spacial score (nSPS) is 26.6. The van der Waals surface area contributed by atoms with Crippen LogP contribution in [-0.2, 0) is 23.7 Å². The fraction of sp³-hybridized carbons (Fsp3) is 0.943. The summed E-state index contributed by atoms with van der Waals surface area (Å²) in [5, 5.41) is 86.9. The van der Waals surface area contributed by atoms with E-state index in [0.717, 1.165) is 51.4 Å². The number of unbranched alkanes of at least 4 members (excludes halogenated alkanes) is 28. The smallest absolute Gasteiger partial charge is 0.220 e. The summed E-state index contributed by atoms with van der Waals surface area (Å²) in [5.74, 6) is -0.207. The molecule has 12 atom stereocenters. The number of allylic oxidation sites excluding steroid dienone is 2. The Labute approximate surface area is 406 Å². The highest BCUT2D eigenvalue weighted by Crippen LogP contribution is 2.30. The zero-order valence-corrected chi connectivity index (χ0v) is 42.2. The van der Waals surface area contributed by atoms with E-state index < -0.39 is 86.8 Å². The number of amides is 1. The van der Waals surface area contributed by atoms with Crippen LogP contribution in [0, 0.1) is 0 Å². The van der Waals surface area contributed by atoms with Crippen LogP contribution in [0.1, 0.15) is 226 Å². The van der Waals surface area contributed by atoms with E-state index >= 15 is 0 Å². The molecule has 14 heteroatoms. The highest BCUT2D eigenvalue weighted by molar-refractivity contribution is 5.76. The van der Waals surface area contributed by atoms with E-state index in [2.05, 4.69) is 31.3 Å². The summed E-state index contributed by atoms with van der Waals surface area (Å²) in [6, 6.07) is -0.823. The third kappa shape index (κ3) is 27.2. The van der Waals surface area contributed by atoms with Gasteiger partial charge in [-0.05, 0) is 38.5 Å². The van der Waals surface area contributed by atoms with Gasteiger partial charge in [0.2, 0.25) is 5.91 Å². The van der Waals surface area contributed by atoms with Crippen molar-refractivity contribution in [2.45, 2.75) is 299 Å². The molecule has 2 aliphatic heterocycles. The van der Waals surface area contributed by atoms with Gasteiger partial charge in [0.1, 0.15) is 48.8 Å². The maximum Gasteiger partial charge on any atom is 0.220 e. The lowest BCUT2D eigenvalue weighted by Gasteiger charge is -2.46. The molecule has 67 heavy (non-hydrogen) atoms. The number of ether oxygens (including phenoxy) is 4. The first-order valence-corrected chi connectivity index (χ1v) is 27.4. The molecule has 0 spiro atoms. The number of aliphatic hydroxyl groups excluding tert-OH is 8. The highest BCUT2D eigenvalue weighted by atomic mass is 16.7. The molecular formula is C53H101NO13. The van der Waals surface area contributed by atoms with Gasteiger partial charge in [0, 0.05) is 6.42 Å². The summed E-state index contributed by atoms with van der Waals surface area (Å²) in [6.45, 7) is 2.84. The van der Waals surface area contributed by atoms with Gasteiger partial charge in [-0.25, -0.2) is 0 Å². The van der Waals surface area contributed by atoms with Gasteiger partial charge in [-0.1, -0.05) is 193 Å². The Morgan fingerprint density at radius 1 is 0.522 bits per heavy atom. The molecule has 9 N–H and O–H groups in total. The Morgan fingerprint density at radius 2 is 0.940 bits per heavy atom. The minimum atomic E-state index is -1.78. The lowest BCUT2D eigenvalue weighted by molar-refractivity contribution is -0.359. The van der Waals surface area contributed by atoms with E-state index in [4.69, 9.17) is 18.9 Å². The van der Waals surface area contributed by atoms with E-state index in [0.29, 0.717) is 12.8 Å². The number of carbonyl (C=O) groups is 1. The Bertz CT molecular complexity index is 1180. The first kappa shape index (κ1) is 61.8. The largest absolute Gasteiger partial charge is 0.394 e. The van der Waals surface area contributed by atoms with E-state index in [1.807, 2.05) is 0 Å². The Kier molecular flexibility index (Phi) is 37.2. The van der Waals surface area contributed by atoms with Gasteiger partial charge in [0.15, 0.2) is 12.6 Å². The average molecular weight is 960 g/mol. The average Bonchev–Trinajstić information content (AvgIpc) is 3.32. The van der Waals surface area contributed by atoms with Crippen molar-refractivity contribution in [3.8, 4) is 0 Å². The van der Waals surface area contributed by atoms with Crippen molar-refractivity contribution < 1.29 is 64.6 Å². The molecule has 2 fully saturated rings. The molecule has 0 saturated carbocycles. The summed E-state index contributed by atoms with van der Waals surface area (Å²) in [5.41, 5.74) is 0. The molecule has 12 unspecified atom stereocenters. The Morgan fingerprint density at radius 3 is 1.42 bits per heavy atom. The molecule has 2 rings (SSSR count). The van der Waals surface area contributed by atoms with Gasteiger partial charge in [-0.3, -0.25) is 4.79 Å². The first-order chi connectivity index (χ1) is 32.6. The number of rotatable bonds is 43. The van der Waals surface area contributed by atoms with Crippen LogP contribution in [-0.4, -0.2) is 140 Å². The molecule has 0 bridgehead atoms. The van der Waals surface area contributed by atoms with Crippen LogP contribution in [0.25, 0.3) is 0 Å². The maximum absolute atomic E-state index is 13.2. The third-order valence-electron chi connectivity index (χ3n) is 13.7. The summed E-state index contributed by atoms with van der Waals surface area (Å²) in [7, 11) is 0. The summed E-state index contributed by atoms with van der Waals surface area (Å²) in [4.78, 5) is 13.2. The van der Waals surface area contributed by atoms with E-state index in [-0.39, 0.29) is 12.5 Å². The van der Waals surface area contributed by atoms with Crippen molar-refractivity contribution in [1.29, 1.82) is 0 Å². The van der Waals surface area contributed by atoms with E-state index in [1.54, 1.807) is 0 Å². The third-order valence-corrected chi connectivity index (χ3v) is 13.7. The van der Waals surface area contributed by atoms with Crippen LogP contribution in [0.2, 0.25) is 0 Å². The van der Waals surface area contributed by atoms with Crippen LogP contribution >= 0.6 is 0 Å². The molecule has 2 saturated heterocycles. The fourth-order valence-electron chi connectivity index (χ4n) is 9.23. The summed E-state index contributed by atoms with van der Waals surface area (Å²) in [6.07, 6.45) is 26.6. The van der Waals surface area contributed by atoms with Crippen molar-refractivity contribution in [1.82, 2.24) is 5.32 Å². The van der Waals surface area contributed by atoms with Gasteiger partial charge in [-0.15, -0.1) is 0 Å². The van der Waals surface area contributed by atoms with Crippen molar-refractivity contribution in [2.75, 3.05) is 19.8 Å². The van der Waals surface area contributed by atoms with Gasteiger partial charge in [-0.2, -0.15) is 0 Å². The summed E-state index contributed by atoms with van der Waals surface area (Å²) < 4.78 is 22.7. The minimum Gasteiger partial charge on any atom is -0.394 e. The van der Waals surface area contributed by atoms with E-state index in [9.17, 15) is 45.6 Å². The zero-order valence-electron chi connectivity index (χ0n) is 42.2. The molecular weight excluding hydrogens is 859 g/mol. The second-order valence-electron chi connectivity index (χ2n) is 19.7. The molecule has 2 aliphatic rings. The molecule has 0 aromatic carbocycles. The van der Waals surface area contributed by atoms with Crippen molar-refractivity contribution in [3.63, 3.8) is 0 Å².